The number of rotatable bonds is 7. The zero-order chi connectivity index (χ0) is 25.1. The second kappa shape index (κ2) is 10.2. The Hall–Kier alpha value is -4.17. The van der Waals surface area contributed by atoms with Gasteiger partial charge in [-0.3, -0.25) is 9.69 Å². The number of fused-ring (bicyclic) bond motifs is 3. The summed E-state index contributed by atoms with van der Waals surface area (Å²) in [5.74, 6) is 0.423. The van der Waals surface area contributed by atoms with Gasteiger partial charge in [0.25, 0.3) is 0 Å². The van der Waals surface area contributed by atoms with Crippen molar-refractivity contribution in [2.75, 3.05) is 19.9 Å². The number of carbonyl (C=O) groups is 1. The van der Waals surface area contributed by atoms with Crippen LogP contribution in [0.15, 0.2) is 76.1 Å². The van der Waals surface area contributed by atoms with Gasteiger partial charge in [0.1, 0.15) is 35.9 Å². The van der Waals surface area contributed by atoms with Gasteiger partial charge in [0.2, 0.25) is 11.2 Å². The van der Waals surface area contributed by atoms with Crippen molar-refractivity contribution in [2.24, 2.45) is 0 Å². The van der Waals surface area contributed by atoms with Crippen molar-refractivity contribution in [2.45, 2.75) is 19.9 Å². The van der Waals surface area contributed by atoms with Crippen molar-refractivity contribution in [1.29, 1.82) is 0 Å². The summed E-state index contributed by atoms with van der Waals surface area (Å²) in [4.78, 5) is 27.1. The molecule has 0 saturated carbocycles. The van der Waals surface area contributed by atoms with Crippen LogP contribution < -0.4 is 14.9 Å². The molecule has 8 heteroatoms. The van der Waals surface area contributed by atoms with Gasteiger partial charge in [0.15, 0.2) is 0 Å². The normalized spacial score (nSPS) is 13.2. The highest BCUT2D eigenvalue weighted by Gasteiger charge is 2.23. The van der Waals surface area contributed by atoms with Crippen LogP contribution in [0.2, 0.25) is 0 Å². The molecule has 3 aromatic carbocycles. The van der Waals surface area contributed by atoms with E-state index in [4.69, 9.17) is 18.6 Å². The Morgan fingerprint density at radius 1 is 1.06 bits per heavy atom. The maximum atomic E-state index is 13.2. The quantitative estimate of drug-likeness (QED) is 0.326. The van der Waals surface area contributed by atoms with E-state index in [0.717, 1.165) is 17.5 Å². The van der Waals surface area contributed by atoms with Gasteiger partial charge in [0, 0.05) is 13.1 Å². The summed E-state index contributed by atoms with van der Waals surface area (Å²) in [7, 11) is 0. The molecule has 0 saturated heterocycles. The Morgan fingerprint density at radius 3 is 2.58 bits per heavy atom. The molecule has 0 amide bonds. The van der Waals surface area contributed by atoms with Crippen molar-refractivity contribution < 1.29 is 27.8 Å². The van der Waals surface area contributed by atoms with Crippen LogP contribution in [0.5, 0.6) is 17.2 Å². The van der Waals surface area contributed by atoms with Gasteiger partial charge in [0.05, 0.1) is 23.1 Å². The van der Waals surface area contributed by atoms with Crippen LogP contribution in [-0.2, 0) is 17.7 Å². The van der Waals surface area contributed by atoms with E-state index in [0.29, 0.717) is 47.9 Å². The Morgan fingerprint density at radius 2 is 1.83 bits per heavy atom. The molecule has 1 aliphatic rings. The number of esters is 1. The molecule has 0 radical (unpaired) electrons. The van der Waals surface area contributed by atoms with Crippen LogP contribution in [0.3, 0.4) is 0 Å². The maximum absolute atomic E-state index is 13.2. The van der Waals surface area contributed by atoms with E-state index in [1.165, 1.54) is 18.4 Å². The van der Waals surface area contributed by atoms with Crippen LogP contribution in [-0.4, -0.2) is 30.8 Å². The first-order valence-corrected chi connectivity index (χ1v) is 11.6. The van der Waals surface area contributed by atoms with Crippen molar-refractivity contribution in [1.82, 2.24) is 4.90 Å². The van der Waals surface area contributed by atoms with Crippen molar-refractivity contribution >= 4 is 16.9 Å². The second-order valence-electron chi connectivity index (χ2n) is 8.40. The Labute approximate surface area is 206 Å². The van der Waals surface area contributed by atoms with Crippen LogP contribution in [0.25, 0.3) is 11.0 Å². The molecule has 36 heavy (non-hydrogen) atoms. The first-order chi connectivity index (χ1) is 17.5. The number of carbonyl (C=O) groups excluding carboxylic acids is 1. The third-order valence-electron chi connectivity index (χ3n) is 5.98. The zero-order valence-corrected chi connectivity index (χ0v) is 19.7. The average molecular weight is 489 g/mol. The topological polar surface area (TPSA) is 78.2 Å². The minimum atomic E-state index is -0.423. The molecule has 0 atom stereocenters. The molecule has 4 aromatic rings. The predicted molar refractivity (Wildman–Crippen MR) is 131 cm³/mol. The number of ether oxygens (including phenoxy) is 3. The summed E-state index contributed by atoms with van der Waals surface area (Å²) in [6.07, 6.45) is 2.03. The molecule has 0 bridgehead atoms. The molecule has 1 aromatic heterocycles. The minimum Gasteiger partial charge on any atom is -0.478 e. The number of halogens is 1. The average Bonchev–Trinajstić information content (AvgIpc) is 2.90. The predicted octanol–water partition coefficient (Wildman–Crippen LogP) is 5.30. The highest BCUT2D eigenvalue weighted by molar-refractivity contribution is 5.89. The molecule has 5 rings (SSSR count). The van der Waals surface area contributed by atoms with Gasteiger partial charge in [-0.05, 0) is 67.4 Å². The lowest BCUT2D eigenvalue weighted by atomic mass is 10.1. The molecule has 0 unspecified atom stereocenters. The molecule has 0 fully saturated rings. The fourth-order valence-corrected chi connectivity index (χ4v) is 4.09. The molecular weight excluding hydrogens is 465 g/mol. The van der Waals surface area contributed by atoms with Gasteiger partial charge in [-0.1, -0.05) is 12.1 Å². The van der Waals surface area contributed by atoms with Crippen LogP contribution in [0.4, 0.5) is 4.39 Å². The van der Waals surface area contributed by atoms with Gasteiger partial charge in [-0.2, -0.15) is 0 Å². The third kappa shape index (κ3) is 4.94. The first kappa shape index (κ1) is 23.6. The smallest absolute Gasteiger partial charge is 0.338 e. The van der Waals surface area contributed by atoms with Crippen LogP contribution >= 0.6 is 0 Å². The number of benzene rings is 3. The fraction of sp³-hybridized carbons (Fsp3) is 0.214. The summed E-state index contributed by atoms with van der Waals surface area (Å²) in [5, 5.41) is 0.387. The number of hydrogen-bond donors (Lipinski definition) is 0. The SMILES string of the molecule is CCOC(=O)c1ccc(Oc2coc3c4c(ccc3c2=O)OCN(CCc2ccc(F)cc2)C4)cc1. The van der Waals surface area contributed by atoms with E-state index in [2.05, 4.69) is 4.90 Å². The van der Waals surface area contributed by atoms with Crippen molar-refractivity contribution in [3.05, 3.63) is 99.7 Å². The van der Waals surface area contributed by atoms with Gasteiger partial charge in [-0.15, -0.1) is 0 Å². The highest BCUT2D eigenvalue weighted by atomic mass is 19.1. The van der Waals surface area contributed by atoms with Gasteiger partial charge < -0.3 is 18.6 Å². The zero-order valence-electron chi connectivity index (χ0n) is 19.7. The molecule has 0 aliphatic carbocycles. The largest absolute Gasteiger partial charge is 0.478 e. The Bertz CT molecular complexity index is 1450. The summed E-state index contributed by atoms with van der Waals surface area (Å²) in [6, 6.07) is 16.2. The van der Waals surface area contributed by atoms with Gasteiger partial charge >= 0.3 is 5.97 Å². The summed E-state index contributed by atoms with van der Waals surface area (Å²) in [6.45, 7) is 3.69. The monoisotopic (exact) mass is 489 g/mol. The lowest BCUT2D eigenvalue weighted by Crippen LogP contribution is -2.33. The maximum Gasteiger partial charge on any atom is 0.338 e. The minimum absolute atomic E-state index is 0.0382. The molecule has 1 aliphatic heterocycles. The number of nitrogens with zero attached hydrogens (tertiary/aromatic N) is 1. The molecule has 184 valence electrons. The first-order valence-electron chi connectivity index (χ1n) is 11.6. The summed E-state index contributed by atoms with van der Waals surface area (Å²) in [5.41, 5.74) is 2.36. The van der Waals surface area contributed by atoms with Crippen molar-refractivity contribution in [3.8, 4) is 17.2 Å². The number of hydrogen-bond acceptors (Lipinski definition) is 7. The van der Waals surface area contributed by atoms with Crippen LogP contribution in [0.1, 0.15) is 28.4 Å². The van der Waals surface area contributed by atoms with E-state index in [1.54, 1.807) is 55.5 Å². The van der Waals surface area contributed by atoms with E-state index >= 15 is 0 Å². The standard InChI is InChI=1S/C28H24FNO6/c1-2-33-28(32)19-5-9-21(10-6-19)36-25-16-34-27-22(26(25)31)11-12-24-23(27)15-30(17-35-24)14-13-18-3-7-20(29)8-4-18/h3-12,16H,2,13-15,17H2,1H3. The third-order valence-corrected chi connectivity index (χ3v) is 5.98. The Balaban J connectivity index is 1.33. The lowest BCUT2D eigenvalue weighted by molar-refractivity contribution is 0.0526. The summed E-state index contributed by atoms with van der Waals surface area (Å²) < 4.78 is 35.6. The molecule has 7 nitrogen and oxygen atoms in total. The lowest BCUT2D eigenvalue weighted by Gasteiger charge is -2.29. The molecule has 2 heterocycles. The Kier molecular flexibility index (Phi) is 6.69. The molecular formula is C28H24FNO6. The fourth-order valence-electron chi connectivity index (χ4n) is 4.09. The van der Waals surface area contributed by atoms with Crippen LogP contribution in [0, 0.1) is 5.82 Å². The van der Waals surface area contributed by atoms with Crippen molar-refractivity contribution in [3.63, 3.8) is 0 Å². The van der Waals surface area contributed by atoms with Gasteiger partial charge in [-0.25, -0.2) is 9.18 Å². The van der Waals surface area contributed by atoms with E-state index in [-0.39, 0.29) is 23.6 Å². The van der Waals surface area contributed by atoms with E-state index in [9.17, 15) is 14.0 Å². The highest BCUT2D eigenvalue weighted by Crippen LogP contribution is 2.32. The molecule has 0 spiro atoms. The van der Waals surface area contributed by atoms with E-state index in [1.807, 2.05) is 0 Å². The second-order valence-corrected chi connectivity index (χ2v) is 8.40. The van der Waals surface area contributed by atoms with E-state index < -0.39 is 5.97 Å². The molecule has 0 N–H and O–H groups in total. The summed E-state index contributed by atoms with van der Waals surface area (Å²) >= 11 is 0.